The molecule has 86 valence electrons. The molecule has 0 saturated carbocycles. The zero-order chi connectivity index (χ0) is 11.7. The van der Waals surface area contributed by atoms with E-state index in [1.165, 1.54) is 5.57 Å². The zero-order valence-corrected chi connectivity index (χ0v) is 10.3. The van der Waals surface area contributed by atoms with E-state index in [1.807, 2.05) is 19.9 Å². The molecule has 0 aromatic heterocycles. The average Bonchev–Trinajstić information content (AvgIpc) is 2.17. The van der Waals surface area contributed by atoms with Gasteiger partial charge < -0.3 is 10.1 Å². The van der Waals surface area contributed by atoms with Crippen molar-refractivity contribution in [3.63, 3.8) is 0 Å². The molecule has 2 heteroatoms. The van der Waals surface area contributed by atoms with E-state index in [0.717, 1.165) is 12.1 Å². The van der Waals surface area contributed by atoms with Gasteiger partial charge in [0.25, 0.3) is 0 Å². The fourth-order valence-electron chi connectivity index (χ4n) is 1.04. The van der Waals surface area contributed by atoms with E-state index in [1.54, 1.807) is 6.08 Å². The quantitative estimate of drug-likeness (QED) is 0.512. The summed E-state index contributed by atoms with van der Waals surface area (Å²) in [7, 11) is 0. The van der Waals surface area contributed by atoms with E-state index < -0.39 is 0 Å². The first-order chi connectivity index (χ1) is 7.10. The first kappa shape index (κ1) is 14.0. The number of ether oxygens (including phenoxy) is 1. The van der Waals surface area contributed by atoms with Crippen LogP contribution in [0.5, 0.6) is 0 Å². The van der Waals surface area contributed by atoms with Gasteiger partial charge in [-0.3, -0.25) is 0 Å². The van der Waals surface area contributed by atoms with Gasteiger partial charge >= 0.3 is 0 Å². The molecule has 0 amide bonds. The van der Waals surface area contributed by atoms with Crippen molar-refractivity contribution in [2.75, 3.05) is 6.73 Å². The fourth-order valence-corrected chi connectivity index (χ4v) is 1.04. The Hall–Kier alpha value is -1.02. The molecule has 0 spiro atoms. The Morgan fingerprint density at radius 2 is 2.13 bits per heavy atom. The third-order valence-electron chi connectivity index (χ3n) is 2.12. The van der Waals surface area contributed by atoms with E-state index >= 15 is 0 Å². The van der Waals surface area contributed by atoms with Crippen LogP contribution in [0.4, 0.5) is 0 Å². The highest BCUT2D eigenvalue weighted by Crippen LogP contribution is 2.00. The smallest absolute Gasteiger partial charge is 0.116 e. The molecule has 0 heterocycles. The first-order valence-electron chi connectivity index (χ1n) is 5.43. The number of hydrogen-bond acceptors (Lipinski definition) is 2. The standard InChI is InChI=1S/C13H23NO/c1-6-8-11(3)9-12(4)14-10-15-13(5)7-2/h6,8-9,13-14H,1,7,10H2,2-5H3/b11-8-,12-9+. The molecule has 0 rings (SSSR count). The van der Waals surface area contributed by atoms with Crippen LogP contribution in [0, 0.1) is 0 Å². The molecule has 0 radical (unpaired) electrons. The van der Waals surface area contributed by atoms with Crippen LogP contribution in [0.2, 0.25) is 0 Å². The summed E-state index contributed by atoms with van der Waals surface area (Å²) in [6.07, 6.45) is 7.19. The lowest BCUT2D eigenvalue weighted by Gasteiger charge is -2.12. The maximum atomic E-state index is 5.51. The molecule has 0 aliphatic rings. The van der Waals surface area contributed by atoms with E-state index in [2.05, 4.69) is 31.8 Å². The molecule has 0 bridgehead atoms. The van der Waals surface area contributed by atoms with Crippen molar-refractivity contribution in [3.8, 4) is 0 Å². The van der Waals surface area contributed by atoms with Crippen LogP contribution in [-0.2, 0) is 4.74 Å². The molecule has 1 atom stereocenters. The minimum Gasteiger partial charge on any atom is -0.366 e. The van der Waals surface area contributed by atoms with Gasteiger partial charge in [0, 0.05) is 5.70 Å². The summed E-state index contributed by atoms with van der Waals surface area (Å²) in [4.78, 5) is 0. The van der Waals surface area contributed by atoms with Crippen molar-refractivity contribution in [1.29, 1.82) is 0 Å². The van der Waals surface area contributed by atoms with Crippen LogP contribution in [0.3, 0.4) is 0 Å². The lowest BCUT2D eigenvalue weighted by Crippen LogP contribution is -2.20. The molecule has 0 aliphatic heterocycles. The first-order valence-corrected chi connectivity index (χ1v) is 5.43. The molecule has 0 aliphatic carbocycles. The van der Waals surface area contributed by atoms with Gasteiger partial charge in [-0.1, -0.05) is 25.7 Å². The molecule has 1 N–H and O–H groups in total. The van der Waals surface area contributed by atoms with Gasteiger partial charge in [-0.15, -0.1) is 0 Å². The lowest BCUT2D eigenvalue weighted by molar-refractivity contribution is 0.0551. The van der Waals surface area contributed by atoms with Crippen LogP contribution in [0.25, 0.3) is 0 Å². The SMILES string of the molecule is C=C/C=C(C)\C=C(/C)NCOC(C)CC. The molecule has 0 fully saturated rings. The second-order valence-electron chi connectivity index (χ2n) is 3.68. The number of hydrogen-bond donors (Lipinski definition) is 1. The second-order valence-corrected chi connectivity index (χ2v) is 3.68. The molecule has 2 nitrogen and oxygen atoms in total. The third-order valence-corrected chi connectivity index (χ3v) is 2.12. The monoisotopic (exact) mass is 209 g/mol. The molecular formula is C13H23NO. The number of allylic oxidation sites excluding steroid dienone is 5. The van der Waals surface area contributed by atoms with E-state index in [-0.39, 0.29) is 0 Å². The minimum atomic E-state index is 0.315. The Bertz CT molecular complexity index is 241. The Morgan fingerprint density at radius 3 is 2.67 bits per heavy atom. The summed E-state index contributed by atoms with van der Waals surface area (Å²) in [6, 6.07) is 0. The highest BCUT2D eigenvalue weighted by molar-refractivity contribution is 5.23. The predicted molar refractivity (Wildman–Crippen MR) is 66.6 cm³/mol. The summed E-state index contributed by atoms with van der Waals surface area (Å²) in [5, 5.41) is 3.20. The van der Waals surface area contributed by atoms with E-state index in [9.17, 15) is 0 Å². The topological polar surface area (TPSA) is 21.3 Å². The molecule has 0 aromatic rings. The Kier molecular flexibility index (Phi) is 7.74. The van der Waals surface area contributed by atoms with Gasteiger partial charge in [0.15, 0.2) is 0 Å². The summed E-state index contributed by atoms with van der Waals surface area (Å²) in [5.41, 5.74) is 2.28. The molecule has 15 heavy (non-hydrogen) atoms. The van der Waals surface area contributed by atoms with Crippen molar-refractivity contribution in [2.24, 2.45) is 0 Å². The third kappa shape index (κ3) is 8.01. The van der Waals surface area contributed by atoms with Crippen LogP contribution >= 0.6 is 0 Å². The summed E-state index contributed by atoms with van der Waals surface area (Å²) in [6.45, 7) is 12.5. The van der Waals surface area contributed by atoms with E-state index in [4.69, 9.17) is 4.74 Å². The largest absolute Gasteiger partial charge is 0.366 e. The average molecular weight is 209 g/mol. The van der Waals surface area contributed by atoms with E-state index in [0.29, 0.717) is 12.8 Å². The highest BCUT2D eigenvalue weighted by atomic mass is 16.5. The zero-order valence-electron chi connectivity index (χ0n) is 10.3. The number of rotatable bonds is 7. The van der Waals surface area contributed by atoms with Gasteiger partial charge in [0.1, 0.15) is 6.73 Å². The highest BCUT2D eigenvalue weighted by Gasteiger charge is 1.96. The van der Waals surface area contributed by atoms with Crippen molar-refractivity contribution >= 4 is 0 Å². The van der Waals surface area contributed by atoms with Crippen LogP contribution < -0.4 is 5.32 Å². The van der Waals surface area contributed by atoms with Gasteiger partial charge in [0.05, 0.1) is 6.10 Å². The van der Waals surface area contributed by atoms with Crippen molar-refractivity contribution in [1.82, 2.24) is 5.32 Å². The lowest BCUT2D eigenvalue weighted by atomic mass is 10.2. The van der Waals surface area contributed by atoms with Crippen molar-refractivity contribution in [3.05, 3.63) is 36.1 Å². The molecule has 0 aromatic carbocycles. The molecular weight excluding hydrogens is 186 g/mol. The summed E-state index contributed by atoms with van der Waals surface area (Å²) in [5.74, 6) is 0. The van der Waals surface area contributed by atoms with Gasteiger partial charge in [-0.2, -0.15) is 0 Å². The summed E-state index contributed by atoms with van der Waals surface area (Å²) < 4.78 is 5.51. The second kappa shape index (κ2) is 8.30. The Labute approximate surface area is 93.7 Å². The Morgan fingerprint density at radius 1 is 1.47 bits per heavy atom. The van der Waals surface area contributed by atoms with Crippen LogP contribution in [-0.4, -0.2) is 12.8 Å². The van der Waals surface area contributed by atoms with Gasteiger partial charge in [-0.05, 0) is 38.8 Å². The number of nitrogens with one attached hydrogen (secondary N) is 1. The summed E-state index contributed by atoms with van der Waals surface area (Å²) >= 11 is 0. The van der Waals surface area contributed by atoms with Gasteiger partial charge in [-0.25, -0.2) is 0 Å². The van der Waals surface area contributed by atoms with Gasteiger partial charge in [0.2, 0.25) is 0 Å². The fraction of sp³-hybridized carbons (Fsp3) is 0.538. The van der Waals surface area contributed by atoms with Crippen molar-refractivity contribution < 1.29 is 4.74 Å². The molecule has 0 saturated heterocycles. The minimum absolute atomic E-state index is 0.315. The molecule has 1 unspecified atom stereocenters. The van der Waals surface area contributed by atoms with Crippen molar-refractivity contribution in [2.45, 2.75) is 40.2 Å². The Balaban J connectivity index is 3.87. The van der Waals surface area contributed by atoms with Crippen LogP contribution in [0.1, 0.15) is 34.1 Å². The normalized spacial score (nSPS) is 14.9. The maximum absolute atomic E-state index is 5.51. The maximum Gasteiger partial charge on any atom is 0.116 e. The predicted octanol–water partition coefficient (Wildman–Crippen LogP) is 3.38. The van der Waals surface area contributed by atoms with Crippen LogP contribution in [0.15, 0.2) is 36.1 Å².